The zero-order valence-corrected chi connectivity index (χ0v) is 11.9. The van der Waals surface area contributed by atoms with Crippen molar-refractivity contribution in [2.45, 2.75) is 0 Å². The molecule has 0 saturated heterocycles. The molecule has 0 aliphatic heterocycles. The number of anilines is 2. The van der Waals surface area contributed by atoms with Crippen molar-refractivity contribution in [2.75, 3.05) is 23.8 Å². The van der Waals surface area contributed by atoms with Gasteiger partial charge in [-0.15, -0.1) is 0 Å². The van der Waals surface area contributed by atoms with E-state index in [0.29, 0.717) is 11.4 Å². The summed E-state index contributed by atoms with van der Waals surface area (Å²) in [6, 6.07) is 11.0. The van der Waals surface area contributed by atoms with Crippen LogP contribution in [0.1, 0.15) is 10.4 Å². The second-order valence-corrected chi connectivity index (χ2v) is 4.81. The van der Waals surface area contributed by atoms with E-state index in [1.54, 1.807) is 24.3 Å². The third-order valence-electron chi connectivity index (χ3n) is 2.98. The molecule has 0 unspecified atom stereocenters. The Labute approximate surface area is 127 Å². The SMILES string of the molecule is Nc1ccccc1N(CCO)C(=O)c1cc(O)ccc1Cl. The van der Waals surface area contributed by atoms with Gasteiger partial charge in [0.1, 0.15) is 5.75 Å². The number of aromatic hydroxyl groups is 1. The van der Waals surface area contributed by atoms with Crippen molar-refractivity contribution >= 4 is 28.9 Å². The fraction of sp³-hybridized carbons (Fsp3) is 0.133. The van der Waals surface area contributed by atoms with Gasteiger partial charge in [-0.25, -0.2) is 0 Å². The molecule has 110 valence electrons. The maximum absolute atomic E-state index is 12.6. The van der Waals surface area contributed by atoms with Crippen LogP contribution in [0.5, 0.6) is 5.75 Å². The van der Waals surface area contributed by atoms with E-state index in [-0.39, 0.29) is 29.5 Å². The quantitative estimate of drug-likeness (QED) is 0.756. The molecule has 2 aromatic carbocycles. The Morgan fingerprint density at radius 2 is 1.95 bits per heavy atom. The second kappa shape index (κ2) is 6.47. The van der Waals surface area contributed by atoms with Gasteiger partial charge in [-0.05, 0) is 30.3 Å². The zero-order chi connectivity index (χ0) is 15.4. The number of phenols is 1. The first-order chi connectivity index (χ1) is 10.0. The first-order valence-corrected chi connectivity index (χ1v) is 6.68. The monoisotopic (exact) mass is 306 g/mol. The minimum atomic E-state index is -0.442. The summed E-state index contributed by atoms with van der Waals surface area (Å²) in [6.45, 7) is -0.157. The van der Waals surface area contributed by atoms with Crippen molar-refractivity contribution in [3.8, 4) is 5.75 Å². The molecule has 0 heterocycles. The highest BCUT2D eigenvalue weighted by Gasteiger charge is 2.21. The number of halogens is 1. The highest BCUT2D eigenvalue weighted by molar-refractivity contribution is 6.34. The average molecular weight is 307 g/mol. The highest BCUT2D eigenvalue weighted by atomic mass is 35.5. The first-order valence-electron chi connectivity index (χ1n) is 6.30. The van der Waals surface area contributed by atoms with E-state index < -0.39 is 5.91 Å². The van der Waals surface area contributed by atoms with Gasteiger partial charge < -0.3 is 20.8 Å². The van der Waals surface area contributed by atoms with Crippen molar-refractivity contribution in [2.24, 2.45) is 0 Å². The Kier molecular flexibility index (Phi) is 4.67. The fourth-order valence-electron chi connectivity index (χ4n) is 1.99. The van der Waals surface area contributed by atoms with Gasteiger partial charge in [0.05, 0.1) is 28.6 Å². The van der Waals surface area contributed by atoms with E-state index in [2.05, 4.69) is 0 Å². The predicted molar refractivity (Wildman–Crippen MR) is 82.7 cm³/mol. The molecular formula is C15H15ClN2O3. The van der Waals surface area contributed by atoms with Crippen LogP contribution in [0.2, 0.25) is 5.02 Å². The van der Waals surface area contributed by atoms with E-state index in [9.17, 15) is 15.0 Å². The van der Waals surface area contributed by atoms with Crippen LogP contribution in [-0.4, -0.2) is 29.3 Å². The molecule has 0 aliphatic rings. The number of hydrogen-bond donors (Lipinski definition) is 3. The second-order valence-electron chi connectivity index (χ2n) is 4.40. The lowest BCUT2D eigenvalue weighted by atomic mass is 10.1. The standard InChI is InChI=1S/C15H15ClN2O3/c16-12-6-5-10(20)9-11(12)15(21)18(7-8-19)14-4-2-1-3-13(14)17/h1-6,9,19-20H,7-8,17H2. The predicted octanol–water partition coefficient (Wildman–Crippen LogP) is 2.27. The molecule has 0 aromatic heterocycles. The van der Waals surface area contributed by atoms with Crippen LogP contribution in [0, 0.1) is 0 Å². The van der Waals surface area contributed by atoms with Gasteiger partial charge in [0, 0.05) is 6.54 Å². The van der Waals surface area contributed by atoms with Gasteiger partial charge in [0.2, 0.25) is 0 Å². The number of amides is 1. The Hall–Kier alpha value is -2.24. The Morgan fingerprint density at radius 3 is 2.62 bits per heavy atom. The minimum absolute atomic E-state index is 0.0623. The largest absolute Gasteiger partial charge is 0.508 e. The van der Waals surface area contributed by atoms with Crippen LogP contribution in [0.15, 0.2) is 42.5 Å². The Morgan fingerprint density at radius 1 is 1.24 bits per heavy atom. The first kappa shape index (κ1) is 15.2. The lowest BCUT2D eigenvalue weighted by molar-refractivity contribution is 0.0981. The van der Waals surface area contributed by atoms with E-state index in [4.69, 9.17) is 17.3 Å². The van der Waals surface area contributed by atoms with Crippen LogP contribution in [0.25, 0.3) is 0 Å². The third-order valence-corrected chi connectivity index (χ3v) is 3.31. The lowest BCUT2D eigenvalue weighted by Gasteiger charge is -2.24. The van der Waals surface area contributed by atoms with Gasteiger partial charge in [0.25, 0.3) is 5.91 Å². The number of nitrogen functional groups attached to an aromatic ring is 1. The van der Waals surface area contributed by atoms with Crippen LogP contribution in [-0.2, 0) is 0 Å². The maximum Gasteiger partial charge on any atom is 0.260 e. The summed E-state index contributed by atoms with van der Waals surface area (Å²) in [5.41, 5.74) is 6.92. The summed E-state index contributed by atoms with van der Waals surface area (Å²) in [5.74, 6) is -0.504. The van der Waals surface area contributed by atoms with Gasteiger partial charge in [-0.1, -0.05) is 23.7 Å². The van der Waals surface area contributed by atoms with Crippen molar-refractivity contribution in [1.29, 1.82) is 0 Å². The van der Waals surface area contributed by atoms with Crippen molar-refractivity contribution < 1.29 is 15.0 Å². The molecule has 0 radical (unpaired) electrons. The summed E-state index contributed by atoms with van der Waals surface area (Å²) < 4.78 is 0. The molecule has 1 amide bonds. The Bertz CT molecular complexity index is 661. The number of benzene rings is 2. The number of aliphatic hydroxyl groups is 1. The van der Waals surface area contributed by atoms with Gasteiger partial charge in [-0.3, -0.25) is 4.79 Å². The summed E-state index contributed by atoms with van der Waals surface area (Å²) in [4.78, 5) is 14.0. The lowest BCUT2D eigenvalue weighted by Crippen LogP contribution is -2.34. The van der Waals surface area contributed by atoms with E-state index in [1.165, 1.54) is 23.1 Å². The van der Waals surface area contributed by atoms with E-state index in [1.807, 2.05) is 0 Å². The van der Waals surface area contributed by atoms with Crippen molar-refractivity contribution in [3.05, 3.63) is 53.1 Å². The zero-order valence-electron chi connectivity index (χ0n) is 11.2. The van der Waals surface area contributed by atoms with E-state index >= 15 is 0 Å². The number of carbonyl (C=O) groups excluding carboxylic acids is 1. The number of para-hydroxylation sites is 2. The molecule has 2 aromatic rings. The molecule has 5 nitrogen and oxygen atoms in total. The molecule has 0 bridgehead atoms. The third kappa shape index (κ3) is 3.26. The highest BCUT2D eigenvalue weighted by Crippen LogP contribution is 2.28. The van der Waals surface area contributed by atoms with E-state index in [0.717, 1.165) is 0 Å². The topological polar surface area (TPSA) is 86.8 Å². The summed E-state index contributed by atoms with van der Waals surface area (Å²) >= 11 is 6.01. The van der Waals surface area contributed by atoms with Crippen LogP contribution < -0.4 is 10.6 Å². The number of nitrogens with two attached hydrogens (primary N) is 1. The van der Waals surface area contributed by atoms with Crippen LogP contribution >= 0.6 is 11.6 Å². The molecule has 0 atom stereocenters. The van der Waals surface area contributed by atoms with Gasteiger partial charge >= 0.3 is 0 Å². The Balaban J connectivity index is 2.45. The fourth-order valence-corrected chi connectivity index (χ4v) is 2.19. The molecule has 2 rings (SSSR count). The number of rotatable bonds is 4. The summed E-state index contributed by atoms with van der Waals surface area (Å²) in [5, 5.41) is 18.9. The number of nitrogens with zero attached hydrogens (tertiary/aromatic N) is 1. The molecule has 0 aliphatic carbocycles. The molecule has 6 heteroatoms. The van der Waals surface area contributed by atoms with Gasteiger partial charge in [0.15, 0.2) is 0 Å². The van der Waals surface area contributed by atoms with Crippen LogP contribution in [0.3, 0.4) is 0 Å². The van der Waals surface area contributed by atoms with Gasteiger partial charge in [-0.2, -0.15) is 0 Å². The maximum atomic E-state index is 12.6. The summed E-state index contributed by atoms with van der Waals surface area (Å²) in [6.07, 6.45) is 0. The summed E-state index contributed by atoms with van der Waals surface area (Å²) in [7, 11) is 0. The van der Waals surface area contributed by atoms with Crippen molar-refractivity contribution in [1.82, 2.24) is 0 Å². The molecule has 0 fully saturated rings. The normalized spacial score (nSPS) is 10.4. The number of aliphatic hydroxyl groups excluding tert-OH is 1. The smallest absolute Gasteiger partial charge is 0.260 e. The number of phenolic OH excluding ortho intramolecular Hbond substituents is 1. The van der Waals surface area contributed by atoms with Crippen LogP contribution in [0.4, 0.5) is 11.4 Å². The molecule has 0 spiro atoms. The van der Waals surface area contributed by atoms with Crippen molar-refractivity contribution in [3.63, 3.8) is 0 Å². The molecular weight excluding hydrogens is 292 g/mol. The minimum Gasteiger partial charge on any atom is -0.508 e. The number of hydrogen-bond acceptors (Lipinski definition) is 4. The average Bonchev–Trinajstić information content (AvgIpc) is 2.47. The molecule has 21 heavy (non-hydrogen) atoms. The molecule has 4 N–H and O–H groups in total. The number of carbonyl (C=O) groups is 1. The molecule has 0 saturated carbocycles.